The molecule has 0 aromatic heterocycles. The van der Waals surface area contributed by atoms with E-state index in [9.17, 15) is 4.79 Å². The van der Waals surface area contributed by atoms with Crippen molar-refractivity contribution in [1.82, 2.24) is 0 Å². The Hall–Kier alpha value is -3.52. The molecule has 124 valence electrons. The van der Waals surface area contributed by atoms with Gasteiger partial charge in [-0.05, 0) is 59.3 Å². The predicted octanol–water partition coefficient (Wildman–Crippen LogP) is 3.70. The van der Waals surface area contributed by atoms with Crippen molar-refractivity contribution in [2.24, 2.45) is 0 Å². The molecule has 3 aromatic carbocycles. The fourth-order valence-corrected chi connectivity index (χ4v) is 2.32. The molecule has 0 amide bonds. The Balaban J connectivity index is 1.63. The van der Waals surface area contributed by atoms with Crippen molar-refractivity contribution in [3.8, 4) is 23.3 Å². The van der Waals surface area contributed by atoms with E-state index in [-0.39, 0.29) is 6.61 Å². The van der Waals surface area contributed by atoms with E-state index >= 15 is 0 Å². The third-order valence-electron chi connectivity index (χ3n) is 3.59. The summed E-state index contributed by atoms with van der Waals surface area (Å²) < 4.78 is 15.9. The second-order valence-electron chi connectivity index (χ2n) is 5.27. The number of rotatable bonds is 5. The van der Waals surface area contributed by atoms with Gasteiger partial charge in [0, 0.05) is 0 Å². The van der Waals surface area contributed by atoms with Gasteiger partial charge in [-0.25, -0.2) is 4.79 Å². The molecule has 5 nitrogen and oxygen atoms in total. The first-order valence-corrected chi connectivity index (χ1v) is 7.59. The Bertz CT molecular complexity index is 942. The molecule has 0 heterocycles. The molecule has 0 fully saturated rings. The Kier molecular flexibility index (Phi) is 4.82. The lowest BCUT2D eigenvalue weighted by Gasteiger charge is -2.08. The molecule has 0 unspecified atom stereocenters. The Morgan fingerprint density at radius 1 is 0.920 bits per heavy atom. The molecule has 0 bridgehead atoms. The highest BCUT2D eigenvalue weighted by molar-refractivity contribution is 5.86. The van der Waals surface area contributed by atoms with Crippen LogP contribution in [0.4, 0.5) is 0 Å². The Morgan fingerprint density at radius 2 is 1.56 bits per heavy atom. The molecule has 0 atom stereocenters. The Labute approximate surface area is 145 Å². The summed E-state index contributed by atoms with van der Waals surface area (Å²) in [5.74, 6) is 1.17. The molecule has 0 radical (unpaired) electrons. The fourth-order valence-electron chi connectivity index (χ4n) is 2.32. The van der Waals surface area contributed by atoms with Crippen LogP contribution in [0.3, 0.4) is 0 Å². The van der Waals surface area contributed by atoms with Gasteiger partial charge in [0.05, 0.1) is 18.7 Å². The lowest BCUT2D eigenvalue weighted by molar-refractivity contribution is -0.136. The first kappa shape index (κ1) is 16.3. The van der Waals surface area contributed by atoms with Crippen LogP contribution in [0.5, 0.6) is 17.2 Å². The van der Waals surface area contributed by atoms with Crippen LogP contribution in [0.15, 0.2) is 60.7 Å². The van der Waals surface area contributed by atoms with Crippen LogP contribution < -0.4 is 14.2 Å². The normalized spacial score (nSPS) is 10.1. The van der Waals surface area contributed by atoms with Crippen LogP contribution in [-0.2, 0) is 4.79 Å². The molecule has 0 aliphatic heterocycles. The minimum atomic E-state index is -0.508. The monoisotopic (exact) mass is 333 g/mol. The van der Waals surface area contributed by atoms with Gasteiger partial charge in [-0.1, -0.05) is 12.1 Å². The van der Waals surface area contributed by atoms with Crippen molar-refractivity contribution >= 4 is 16.7 Å². The molecule has 0 saturated heterocycles. The number of benzene rings is 3. The molecule has 3 rings (SSSR count). The number of nitriles is 1. The van der Waals surface area contributed by atoms with Crippen molar-refractivity contribution in [1.29, 1.82) is 5.26 Å². The number of carbonyl (C=O) groups excluding carboxylic acids is 1. The number of hydrogen-bond donors (Lipinski definition) is 0. The number of ether oxygens (including phenoxy) is 3. The zero-order valence-electron chi connectivity index (χ0n) is 13.6. The molecule has 5 heteroatoms. The van der Waals surface area contributed by atoms with Gasteiger partial charge in [0.1, 0.15) is 17.2 Å². The van der Waals surface area contributed by atoms with E-state index in [4.69, 9.17) is 19.5 Å². The summed E-state index contributed by atoms with van der Waals surface area (Å²) in [6.45, 7) is -0.220. The van der Waals surface area contributed by atoms with Gasteiger partial charge in [0.15, 0.2) is 6.61 Å². The first-order chi connectivity index (χ1) is 12.2. The fraction of sp³-hybridized carbons (Fsp3) is 0.100. The summed E-state index contributed by atoms with van der Waals surface area (Å²) >= 11 is 0. The maximum Gasteiger partial charge on any atom is 0.349 e. The highest BCUT2D eigenvalue weighted by Gasteiger charge is 2.07. The molecule has 25 heavy (non-hydrogen) atoms. The van der Waals surface area contributed by atoms with Crippen molar-refractivity contribution in [2.45, 2.75) is 0 Å². The Morgan fingerprint density at radius 3 is 2.24 bits per heavy atom. The third-order valence-corrected chi connectivity index (χ3v) is 3.59. The van der Waals surface area contributed by atoms with Gasteiger partial charge < -0.3 is 14.2 Å². The summed E-state index contributed by atoms with van der Waals surface area (Å²) in [6, 6.07) is 19.6. The highest BCUT2D eigenvalue weighted by Crippen LogP contribution is 2.25. The second kappa shape index (κ2) is 7.37. The number of methoxy groups -OCH3 is 1. The van der Waals surface area contributed by atoms with Gasteiger partial charge in [0.2, 0.25) is 0 Å². The van der Waals surface area contributed by atoms with Gasteiger partial charge in [-0.2, -0.15) is 5.26 Å². The van der Waals surface area contributed by atoms with E-state index in [1.54, 1.807) is 43.5 Å². The van der Waals surface area contributed by atoms with E-state index in [1.807, 2.05) is 30.3 Å². The molecule has 0 saturated carbocycles. The summed E-state index contributed by atoms with van der Waals surface area (Å²) in [5.41, 5.74) is 0.529. The van der Waals surface area contributed by atoms with Crippen molar-refractivity contribution in [3.05, 3.63) is 66.2 Å². The molecule has 0 aliphatic rings. The molecule has 0 N–H and O–H groups in total. The minimum absolute atomic E-state index is 0.220. The van der Waals surface area contributed by atoms with Crippen molar-refractivity contribution in [2.75, 3.05) is 13.7 Å². The molecule has 0 spiro atoms. The van der Waals surface area contributed by atoms with E-state index in [1.165, 1.54) is 0 Å². The summed E-state index contributed by atoms with van der Waals surface area (Å²) in [5, 5.41) is 10.7. The molecular formula is C20H15NO4. The average molecular weight is 333 g/mol. The quantitative estimate of drug-likeness (QED) is 0.526. The van der Waals surface area contributed by atoms with Crippen LogP contribution in [0, 0.1) is 11.3 Å². The second-order valence-corrected chi connectivity index (χ2v) is 5.27. The van der Waals surface area contributed by atoms with Crippen LogP contribution in [0.2, 0.25) is 0 Å². The summed E-state index contributed by atoms with van der Waals surface area (Å²) in [4.78, 5) is 11.9. The molecular weight excluding hydrogens is 318 g/mol. The average Bonchev–Trinajstić information content (AvgIpc) is 2.66. The standard InChI is InChI=1S/C20H15NO4/c1-23-18-8-4-15-5-9-19(11-16(15)10-18)25-20(22)13-24-17-6-2-14(12-21)3-7-17/h2-11H,13H2,1H3. The van der Waals surface area contributed by atoms with Gasteiger partial charge in [-0.3, -0.25) is 0 Å². The predicted molar refractivity (Wildman–Crippen MR) is 92.8 cm³/mol. The number of nitrogens with zero attached hydrogens (tertiary/aromatic N) is 1. The zero-order chi connectivity index (χ0) is 17.6. The number of fused-ring (bicyclic) bond motifs is 1. The van der Waals surface area contributed by atoms with Gasteiger partial charge in [-0.15, -0.1) is 0 Å². The third kappa shape index (κ3) is 4.06. The van der Waals surface area contributed by atoms with Crippen LogP contribution in [-0.4, -0.2) is 19.7 Å². The maximum atomic E-state index is 11.9. The SMILES string of the molecule is COc1ccc2ccc(OC(=O)COc3ccc(C#N)cc3)cc2c1. The van der Waals surface area contributed by atoms with Crippen molar-refractivity contribution < 1.29 is 19.0 Å². The lowest BCUT2D eigenvalue weighted by atomic mass is 10.1. The largest absolute Gasteiger partial charge is 0.497 e. The maximum absolute atomic E-state index is 11.9. The van der Waals surface area contributed by atoms with Crippen LogP contribution >= 0.6 is 0 Å². The minimum Gasteiger partial charge on any atom is -0.497 e. The first-order valence-electron chi connectivity index (χ1n) is 7.59. The van der Waals surface area contributed by atoms with Gasteiger partial charge >= 0.3 is 5.97 Å². The number of esters is 1. The molecule has 0 aliphatic carbocycles. The van der Waals surface area contributed by atoms with E-state index in [0.29, 0.717) is 17.1 Å². The highest BCUT2D eigenvalue weighted by atomic mass is 16.6. The summed E-state index contributed by atoms with van der Waals surface area (Å²) in [7, 11) is 1.60. The smallest absolute Gasteiger partial charge is 0.349 e. The summed E-state index contributed by atoms with van der Waals surface area (Å²) in [6.07, 6.45) is 0. The van der Waals surface area contributed by atoms with Crippen LogP contribution in [0.25, 0.3) is 10.8 Å². The zero-order valence-corrected chi connectivity index (χ0v) is 13.6. The van der Waals surface area contributed by atoms with E-state index in [0.717, 1.165) is 16.5 Å². The van der Waals surface area contributed by atoms with E-state index in [2.05, 4.69) is 0 Å². The molecule has 3 aromatic rings. The lowest BCUT2D eigenvalue weighted by Crippen LogP contribution is -2.17. The van der Waals surface area contributed by atoms with E-state index < -0.39 is 5.97 Å². The van der Waals surface area contributed by atoms with Gasteiger partial charge in [0.25, 0.3) is 0 Å². The van der Waals surface area contributed by atoms with Crippen LogP contribution in [0.1, 0.15) is 5.56 Å². The van der Waals surface area contributed by atoms with Crippen molar-refractivity contribution in [3.63, 3.8) is 0 Å². The number of carbonyl (C=O) groups is 1. The number of hydrogen-bond acceptors (Lipinski definition) is 5. The topological polar surface area (TPSA) is 68.6 Å².